The number of benzene rings is 1. The van der Waals surface area contributed by atoms with E-state index in [0.29, 0.717) is 24.2 Å². The van der Waals surface area contributed by atoms with E-state index in [-0.39, 0.29) is 11.7 Å². The van der Waals surface area contributed by atoms with Crippen molar-refractivity contribution in [3.05, 3.63) is 24.3 Å². The highest BCUT2D eigenvalue weighted by atomic mass is 32.2. The van der Waals surface area contributed by atoms with Crippen molar-refractivity contribution in [1.29, 1.82) is 0 Å². The highest BCUT2D eigenvalue weighted by Crippen LogP contribution is 2.28. The zero-order valence-corrected chi connectivity index (χ0v) is 12.9. The van der Waals surface area contributed by atoms with Gasteiger partial charge in [0.1, 0.15) is 0 Å². The minimum atomic E-state index is -3.29. The second kappa shape index (κ2) is 6.03. The Kier molecular flexibility index (Phi) is 4.53. The van der Waals surface area contributed by atoms with Gasteiger partial charge in [0.05, 0.1) is 11.3 Å². The molecule has 1 aliphatic rings. The molecule has 1 aromatic rings. The molecule has 0 aliphatic heterocycles. The van der Waals surface area contributed by atoms with Gasteiger partial charge in [0, 0.05) is 11.4 Å². The average molecular weight is 311 g/mol. The number of amides is 1. The monoisotopic (exact) mass is 311 g/mol. The van der Waals surface area contributed by atoms with Gasteiger partial charge in [0.2, 0.25) is 15.9 Å². The second-order valence-corrected chi connectivity index (χ2v) is 7.41. The van der Waals surface area contributed by atoms with Crippen LogP contribution in [0.4, 0.5) is 11.4 Å². The third kappa shape index (κ3) is 3.95. The van der Waals surface area contributed by atoms with Crippen molar-refractivity contribution in [3.8, 4) is 0 Å². The Hall–Kier alpha value is -1.60. The van der Waals surface area contributed by atoms with Gasteiger partial charge in [-0.1, -0.05) is 12.8 Å². The fourth-order valence-corrected chi connectivity index (χ4v) is 3.00. The van der Waals surface area contributed by atoms with E-state index in [2.05, 4.69) is 10.0 Å². The lowest BCUT2D eigenvalue weighted by Crippen LogP contribution is -2.48. The summed E-state index contributed by atoms with van der Waals surface area (Å²) in [5, 5.41) is 2.79. The Balaban J connectivity index is 2.01. The highest BCUT2D eigenvalue weighted by molar-refractivity contribution is 7.92. The first kappa shape index (κ1) is 15.8. The molecule has 7 heteroatoms. The summed E-state index contributed by atoms with van der Waals surface area (Å²) >= 11 is 0. The van der Waals surface area contributed by atoms with Crippen molar-refractivity contribution in [2.75, 3.05) is 15.8 Å². The Morgan fingerprint density at radius 3 is 2.24 bits per heavy atom. The van der Waals surface area contributed by atoms with Crippen molar-refractivity contribution in [2.24, 2.45) is 5.73 Å². The fourth-order valence-electron chi connectivity index (χ4n) is 2.36. The van der Waals surface area contributed by atoms with E-state index in [9.17, 15) is 13.2 Å². The van der Waals surface area contributed by atoms with Crippen LogP contribution in [0.3, 0.4) is 0 Å². The zero-order valence-electron chi connectivity index (χ0n) is 12.1. The van der Waals surface area contributed by atoms with Crippen LogP contribution < -0.4 is 15.8 Å². The summed E-state index contributed by atoms with van der Waals surface area (Å²) in [4.78, 5) is 12.1. The summed E-state index contributed by atoms with van der Waals surface area (Å²) in [7, 11) is -3.29. The maximum absolute atomic E-state index is 12.1. The molecule has 0 radical (unpaired) electrons. The summed E-state index contributed by atoms with van der Waals surface area (Å²) in [5.41, 5.74) is 6.38. The number of carbonyl (C=O) groups is 1. The first-order chi connectivity index (χ1) is 9.85. The minimum absolute atomic E-state index is 0.0151. The Morgan fingerprint density at radius 1 is 1.19 bits per heavy atom. The SMILES string of the molecule is CCS(=O)(=O)Nc1ccc(NC(=O)C2(N)CCCC2)cc1. The summed E-state index contributed by atoms with van der Waals surface area (Å²) in [5.74, 6) is -0.164. The van der Waals surface area contributed by atoms with Crippen molar-refractivity contribution in [1.82, 2.24) is 0 Å². The largest absolute Gasteiger partial charge is 0.324 e. The quantitative estimate of drug-likeness (QED) is 0.769. The van der Waals surface area contributed by atoms with Crippen molar-refractivity contribution < 1.29 is 13.2 Å². The van der Waals surface area contributed by atoms with E-state index < -0.39 is 15.6 Å². The number of hydrogen-bond acceptors (Lipinski definition) is 4. The number of nitrogens with one attached hydrogen (secondary N) is 2. The smallest absolute Gasteiger partial charge is 0.244 e. The van der Waals surface area contributed by atoms with Gasteiger partial charge in [0.25, 0.3) is 0 Å². The summed E-state index contributed by atoms with van der Waals surface area (Å²) in [6.07, 6.45) is 3.35. The lowest BCUT2D eigenvalue weighted by atomic mass is 9.98. The maximum atomic E-state index is 12.1. The molecule has 1 amide bonds. The fraction of sp³-hybridized carbons (Fsp3) is 0.500. The van der Waals surface area contributed by atoms with Gasteiger partial charge in [-0.3, -0.25) is 9.52 Å². The number of sulfonamides is 1. The molecule has 4 N–H and O–H groups in total. The van der Waals surface area contributed by atoms with E-state index in [1.54, 1.807) is 31.2 Å². The highest BCUT2D eigenvalue weighted by Gasteiger charge is 2.36. The van der Waals surface area contributed by atoms with Crippen LogP contribution in [0.15, 0.2) is 24.3 Å². The molecule has 0 unspecified atom stereocenters. The molecule has 1 aliphatic carbocycles. The van der Waals surface area contributed by atoms with E-state index >= 15 is 0 Å². The molecule has 0 atom stereocenters. The molecule has 1 aromatic carbocycles. The van der Waals surface area contributed by atoms with E-state index in [1.807, 2.05) is 0 Å². The topological polar surface area (TPSA) is 101 Å². The first-order valence-corrected chi connectivity index (χ1v) is 8.71. The number of nitrogens with two attached hydrogens (primary N) is 1. The Labute approximate surface area is 125 Å². The van der Waals surface area contributed by atoms with Crippen LogP contribution in [-0.2, 0) is 14.8 Å². The van der Waals surface area contributed by atoms with Gasteiger partial charge in [0.15, 0.2) is 0 Å². The molecule has 21 heavy (non-hydrogen) atoms. The molecule has 116 valence electrons. The predicted molar refractivity (Wildman–Crippen MR) is 83.5 cm³/mol. The molecule has 0 aromatic heterocycles. The van der Waals surface area contributed by atoms with E-state index in [4.69, 9.17) is 5.73 Å². The Morgan fingerprint density at radius 2 is 1.71 bits per heavy atom. The Bertz CT molecular complexity index is 605. The summed E-state index contributed by atoms with van der Waals surface area (Å²) in [6.45, 7) is 1.57. The van der Waals surface area contributed by atoms with Crippen LogP contribution in [0.25, 0.3) is 0 Å². The lowest BCUT2D eigenvalue weighted by Gasteiger charge is -2.22. The average Bonchev–Trinajstić information content (AvgIpc) is 2.89. The van der Waals surface area contributed by atoms with E-state index in [0.717, 1.165) is 12.8 Å². The maximum Gasteiger partial charge on any atom is 0.244 e. The van der Waals surface area contributed by atoms with Crippen molar-refractivity contribution >= 4 is 27.3 Å². The van der Waals surface area contributed by atoms with Crippen LogP contribution in [0, 0.1) is 0 Å². The molecule has 0 bridgehead atoms. The molecule has 0 heterocycles. The summed E-state index contributed by atoms with van der Waals surface area (Å²) < 4.78 is 25.3. The molecule has 0 spiro atoms. The van der Waals surface area contributed by atoms with Crippen LogP contribution >= 0.6 is 0 Å². The summed E-state index contributed by atoms with van der Waals surface area (Å²) in [6, 6.07) is 6.54. The first-order valence-electron chi connectivity index (χ1n) is 7.05. The number of rotatable bonds is 5. The number of hydrogen-bond donors (Lipinski definition) is 3. The lowest BCUT2D eigenvalue weighted by molar-refractivity contribution is -0.121. The van der Waals surface area contributed by atoms with E-state index in [1.165, 1.54) is 0 Å². The van der Waals surface area contributed by atoms with Crippen molar-refractivity contribution in [3.63, 3.8) is 0 Å². The number of carbonyl (C=O) groups excluding carboxylic acids is 1. The van der Waals surface area contributed by atoms with Gasteiger partial charge >= 0.3 is 0 Å². The van der Waals surface area contributed by atoms with Gasteiger partial charge in [-0.15, -0.1) is 0 Å². The normalized spacial score (nSPS) is 17.4. The van der Waals surface area contributed by atoms with Crippen LogP contribution in [0.5, 0.6) is 0 Å². The molecular formula is C14H21N3O3S. The minimum Gasteiger partial charge on any atom is -0.324 e. The zero-order chi connectivity index (χ0) is 15.5. The standard InChI is InChI=1S/C14H21N3O3S/c1-2-21(19,20)17-12-7-5-11(6-8-12)16-13(18)14(15)9-3-4-10-14/h5-8,17H,2-4,9-10,15H2,1H3,(H,16,18). The second-order valence-electron chi connectivity index (χ2n) is 5.40. The molecule has 1 saturated carbocycles. The molecular weight excluding hydrogens is 290 g/mol. The molecule has 2 rings (SSSR count). The molecule has 1 fully saturated rings. The van der Waals surface area contributed by atoms with Gasteiger partial charge in [-0.25, -0.2) is 8.42 Å². The molecule has 6 nitrogen and oxygen atoms in total. The molecule has 0 saturated heterocycles. The third-order valence-electron chi connectivity index (χ3n) is 3.74. The number of anilines is 2. The van der Waals surface area contributed by atoms with Gasteiger partial charge in [-0.2, -0.15) is 0 Å². The van der Waals surface area contributed by atoms with Crippen LogP contribution in [0.1, 0.15) is 32.6 Å². The van der Waals surface area contributed by atoms with Gasteiger partial charge < -0.3 is 11.1 Å². The third-order valence-corrected chi connectivity index (χ3v) is 5.05. The van der Waals surface area contributed by atoms with Gasteiger partial charge in [-0.05, 0) is 44.0 Å². The van der Waals surface area contributed by atoms with Crippen LogP contribution in [-0.4, -0.2) is 25.6 Å². The van der Waals surface area contributed by atoms with Crippen LogP contribution in [0.2, 0.25) is 0 Å². The predicted octanol–water partition coefficient (Wildman–Crippen LogP) is 1.66. The van der Waals surface area contributed by atoms with Crippen molar-refractivity contribution in [2.45, 2.75) is 38.1 Å².